The molecule has 2 heterocycles. The lowest BCUT2D eigenvalue weighted by atomic mass is 10.1. The maximum Gasteiger partial charge on any atom is 0.251 e. The van der Waals surface area contributed by atoms with E-state index in [1.54, 1.807) is 0 Å². The first kappa shape index (κ1) is 14.5. The second-order valence-corrected chi connectivity index (χ2v) is 5.80. The van der Waals surface area contributed by atoms with Crippen LogP contribution in [0.25, 0.3) is 0 Å². The monoisotopic (exact) mass is 289 g/mol. The molecule has 0 unspecified atom stereocenters. The number of nitrogens with zero attached hydrogens (tertiary/aromatic N) is 1. The van der Waals surface area contributed by atoms with Crippen LogP contribution < -0.4 is 0 Å². The minimum Gasteiger partial charge on any atom is -0.375 e. The first-order valence-electron chi connectivity index (χ1n) is 7.89. The molecule has 1 aromatic rings. The van der Waals surface area contributed by atoms with Crippen LogP contribution >= 0.6 is 0 Å². The fourth-order valence-corrected chi connectivity index (χ4v) is 3.04. The Morgan fingerprint density at radius 3 is 2.81 bits per heavy atom. The Morgan fingerprint density at radius 1 is 1.19 bits per heavy atom. The summed E-state index contributed by atoms with van der Waals surface area (Å²) in [5.74, 6) is 0.153. The van der Waals surface area contributed by atoms with Gasteiger partial charge in [-0.2, -0.15) is 0 Å². The van der Waals surface area contributed by atoms with Gasteiger partial charge in [-0.25, -0.2) is 0 Å². The summed E-state index contributed by atoms with van der Waals surface area (Å²) >= 11 is 0. The number of carbonyl (C=O) groups excluding carboxylic acids is 1. The van der Waals surface area contributed by atoms with Gasteiger partial charge in [0.2, 0.25) is 0 Å². The van der Waals surface area contributed by atoms with Gasteiger partial charge in [-0.15, -0.1) is 0 Å². The molecule has 0 radical (unpaired) electrons. The maximum atomic E-state index is 12.4. The van der Waals surface area contributed by atoms with Crippen LogP contribution in [0.5, 0.6) is 0 Å². The molecule has 21 heavy (non-hydrogen) atoms. The molecule has 4 nitrogen and oxygen atoms in total. The van der Waals surface area contributed by atoms with Crippen LogP contribution in [0.3, 0.4) is 0 Å². The molecule has 0 aliphatic carbocycles. The highest BCUT2D eigenvalue weighted by atomic mass is 16.5. The first-order valence-corrected chi connectivity index (χ1v) is 7.89. The molecule has 0 aromatic heterocycles. The average molecular weight is 289 g/mol. The molecule has 2 atom stereocenters. The molecule has 3 rings (SSSR count). The number of amides is 1. The predicted molar refractivity (Wildman–Crippen MR) is 80.1 cm³/mol. The van der Waals surface area contributed by atoms with E-state index in [4.69, 9.17) is 9.47 Å². The third kappa shape index (κ3) is 3.83. The Labute approximate surface area is 126 Å². The van der Waals surface area contributed by atoms with Crippen molar-refractivity contribution in [1.29, 1.82) is 0 Å². The van der Waals surface area contributed by atoms with E-state index in [9.17, 15) is 4.79 Å². The zero-order chi connectivity index (χ0) is 14.5. The molecule has 2 aliphatic heterocycles. The van der Waals surface area contributed by atoms with Crippen molar-refractivity contribution in [2.75, 3.05) is 26.3 Å². The summed E-state index contributed by atoms with van der Waals surface area (Å²) < 4.78 is 11.3. The molecule has 1 amide bonds. The Bertz CT molecular complexity index is 456. The fraction of sp³-hybridized carbons (Fsp3) is 0.588. The molecule has 1 aromatic carbocycles. The van der Waals surface area contributed by atoms with E-state index in [-0.39, 0.29) is 18.1 Å². The highest BCUT2D eigenvalue weighted by molar-refractivity contribution is 5.81. The molecule has 4 heteroatoms. The van der Waals surface area contributed by atoms with Crippen LogP contribution in [-0.2, 0) is 20.7 Å². The lowest BCUT2D eigenvalue weighted by Crippen LogP contribution is -2.49. The van der Waals surface area contributed by atoms with Crippen LogP contribution in [0.2, 0.25) is 0 Å². The number of ether oxygens (including phenoxy) is 2. The van der Waals surface area contributed by atoms with Gasteiger partial charge in [0.1, 0.15) is 6.10 Å². The fourth-order valence-electron chi connectivity index (χ4n) is 3.04. The molecule has 2 saturated heterocycles. The van der Waals surface area contributed by atoms with Gasteiger partial charge in [-0.3, -0.25) is 4.79 Å². The second-order valence-electron chi connectivity index (χ2n) is 5.80. The number of carbonyl (C=O) groups is 1. The van der Waals surface area contributed by atoms with E-state index in [1.807, 2.05) is 11.0 Å². The van der Waals surface area contributed by atoms with Gasteiger partial charge in [0, 0.05) is 19.7 Å². The predicted octanol–water partition coefficient (Wildman–Crippen LogP) is 2.03. The summed E-state index contributed by atoms with van der Waals surface area (Å²) in [4.78, 5) is 14.3. The molecular weight excluding hydrogens is 266 g/mol. The standard InChI is InChI=1S/C17H23NO3/c19-17(16-7-4-11-21-16)18-10-12-20-15(13-18)9-8-14-5-2-1-3-6-14/h1-3,5-6,15-16H,4,7-13H2/t15-,16+/m0/s1. The van der Waals surface area contributed by atoms with Gasteiger partial charge in [0.25, 0.3) is 5.91 Å². The van der Waals surface area contributed by atoms with Crippen LogP contribution in [0, 0.1) is 0 Å². The third-order valence-electron chi connectivity index (χ3n) is 4.25. The largest absolute Gasteiger partial charge is 0.375 e. The second kappa shape index (κ2) is 7.05. The van der Waals surface area contributed by atoms with Crippen LogP contribution in [-0.4, -0.2) is 49.3 Å². The van der Waals surface area contributed by atoms with Gasteiger partial charge in [0.15, 0.2) is 0 Å². The summed E-state index contributed by atoms with van der Waals surface area (Å²) in [5, 5.41) is 0. The minimum atomic E-state index is -0.210. The third-order valence-corrected chi connectivity index (χ3v) is 4.25. The van der Waals surface area contributed by atoms with Gasteiger partial charge in [-0.1, -0.05) is 30.3 Å². The molecule has 114 valence electrons. The van der Waals surface area contributed by atoms with Gasteiger partial charge in [-0.05, 0) is 31.2 Å². The molecule has 0 N–H and O–H groups in total. The molecular formula is C17H23NO3. The van der Waals surface area contributed by atoms with E-state index in [1.165, 1.54) is 5.56 Å². The van der Waals surface area contributed by atoms with E-state index in [0.717, 1.165) is 32.3 Å². The zero-order valence-electron chi connectivity index (χ0n) is 12.4. The van der Waals surface area contributed by atoms with E-state index >= 15 is 0 Å². The lowest BCUT2D eigenvalue weighted by molar-refractivity contribution is -0.148. The van der Waals surface area contributed by atoms with Crippen LogP contribution in [0.1, 0.15) is 24.8 Å². The summed E-state index contributed by atoms with van der Waals surface area (Å²) in [6, 6.07) is 10.4. The Hall–Kier alpha value is -1.39. The number of rotatable bonds is 4. The number of benzene rings is 1. The quantitative estimate of drug-likeness (QED) is 0.851. The van der Waals surface area contributed by atoms with Crippen molar-refractivity contribution >= 4 is 5.91 Å². The summed E-state index contributed by atoms with van der Waals surface area (Å²) in [6.07, 6.45) is 3.75. The maximum absolute atomic E-state index is 12.4. The SMILES string of the molecule is O=C([C@H]1CCCO1)N1CCO[C@@H](CCc2ccccc2)C1. The molecule has 0 saturated carbocycles. The zero-order valence-corrected chi connectivity index (χ0v) is 12.4. The average Bonchev–Trinajstić information content (AvgIpc) is 3.08. The van der Waals surface area contributed by atoms with Crippen LogP contribution in [0.15, 0.2) is 30.3 Å². The van der Waals surface area contributed by atoms with Crippen molar-refractivity contribution in [2.24, 2.45) is 0 Å². The number of morpholine rings is 1. The number of hydrogen-bond acceptors (Lipinski definition) is 3. The summed E-state index contributed by atoms with van der Waals surface area (Å²) in [7, 11) is 0. The van der Waals surface area contributed by atoms with E-state index < -0.39 is 0 Å². The van der Waals surface area contributed by atoms with Crippen molar-refractivity contribution in [3.8, 4) is 0 Å². The minimum absolute atomic E-state index is 0.143. The van der Waals surface area contributed by atoms with Gasteiger partial charge < -0.3 is 14.4 Å². The smallest absolute Gasteiger partial charge is 0.251 e. The molecule has 2 aliphatic rings. The van der Waals surface area contributed by atoms with Crippen LogP contribution in [0.4, 0.5) is 0 Å². The Balaban J connectivity index is 1.49. The first-order chi connectivity index (χ1) is 10.3. The van der Waals surface area contributed by atoms with E-state index in [0.29, 0.717) is 19.7 Å². The van der Waals surface area contributed by atoms with Crippen molar-refractivity contribution in [1.82, 2.24) is 4.90 Å². The Kier molecular flexibility index (Phi) is 4.88. The van der Waals surface area contributed by atoms with Crippen molar-refractivity contribution < 1.29 is 14.3 Å². The molecule has 0 spiro atoms. The van der Waals surface area contributed by atoms with Crippen molar-refractivity contribution in [3.05, 3.63) is 35.9 Å². The Morgan fingerprint density at radius 2 is 2.05 bits per heavy atom. The number of hydrogen-bond donors (Lipinski definition) is 0. The molecule has 2 fully saturated rings. The normalized spacial score (nSPS) is 26.0. The number of aryl methyl sites for hydroxylation is 1. The van der Waals surface area contributed by atoms with Gasteiger partial charge in [0.05, 0.1) is 12.7 Å². The van der Waals surface area contributed by atoms with Crippen molar-refractivity contribution in [3.63, 3.8) is 0 Å². The highest BCUT2D eigenvalue weighted by Crippen LogP contribution is 2.18. The summed E-state index contributed by atoms with van der Waals surface area (Å²) in [6.45, 7) is 2.75. The lowest BCUT2D eigenvalue weighted by Gasteiger charge is -2.34. The topological polar surface area (TPSA) is 38.8 Å². The van der Waals surface area contributed by atoms with Crippen molar-refractivity contribution in [2.45, 2.75) is 37.9 Å². The highest BCUT2D eigenvalue weighted by Gasteiger charge is 2.31. The molecule has 0 bridgehead atoms. The van der Waals surface area contributed by atoms with E-state index in [2.05, 4.69) is 24.3 Å². The van der Waals surface area contributed by atoms with Gasteiger partial charge >= 0.3 is 0 Å². The summed E-state index contributed by atoms with van der Waals surface area (Å²) in [5.41, 5.74) is 1.32.